The molecule has 1 rings (SSSR count). The van der Waals surface area contributed by atoms with E-state index in [1.165, 1.54) is 38.1 Å². The molecule has 0 saturated carbocycles. The average Bonchev–Trinajstić information content (AvgIpc) is 2.46. The van der Waals surface area contributed by atoms with Crippen LogP contribution in [0.2, 0.25) is 0 Å². The number of ether oxygens (including phenoxy) is 2. The number of nitrogens with one attached hydrogen (secondary N) is 1. The lowest BCUT2D eigenvalue weighted by molar-refractivity contribution is -0.113. The fourth-order valence-corrected chi connectivity index (χ4v) is 2.37. The molecule has 116 valence electrons. The van der Waals surface area contributed by atoms with Crippen LogP contribution in [0, 0.1) is 0 Å². The van der Waals surface area contributed by atoms with Gasteiger partial charge in [0.2, 0.25) is 5.91 Å². The minimum Gasteiger partial charge on any atom is -0.493 e. The number of hydrogen-bond acceptors (Lipinski definition) is 5. The Hall–Kier alpha value is -1.89. The first kappa shape index (κ1) is 17.2. The number of rotatable bonds is 8. The monoisotopic (exact) mass is 313 g/mol. The molecule has 2 N–H and O–H groups in total. The van der Waals surface area contributed by atoms with E-state index in [4.69, 9.17) is 14.6 Å². The van der Waals surface area contributed by atoms with E-state index in [1.807, 2.05) is 6.92 Å². The summed E-state index contributed by atoms with van der Waals surface area (Å²) in [5, 5.41) is 11.7. The minimum atomic E-state index is -1.10. The van der Waals surface area contributed by atoms with E-state index in [1.54, 1.807) is 0 Å². The Kier molecular flexibility index (Phi) is 6.87. The molecule has 0 bridgehead atoms. The molecule has 7 heteroatoms. The molecular formula is C14H19NO5S. The maximum absolute atomic E-state index is 11.9. The molecule has 6 nitrogen and oxygen atoms in total. The number of methoxy groups -OCH3 is 2. The second-order valence-electron chi connectivity index (χ2n) is 4.17. The van der Waals surface area contributed by atoms with Crippen LogP contribution in [0.1, 0.15) is 23.7 Å². The number of carbonyl (C=O) groups excluding carboxylic acids is 1. The third kappa shape index (κ3) is 4.86. The first-order chi connectivity index (χ1) is 10.0. The van der Waals surface area contributed by atoms with Gasteiger partial charge in [-0.15, -0.1) is 0 Å². The standard InChI is InChI=1S/C14H19NO5S/c1-4-5-21-8-12(16)15-10-6-9(14(17)18)7-11(19-2)13(10)20-3/h6-7H,4-5,8H2,1-3H3,(H,15,16)(H,17,18). The zero-order valence-electron chi connectivity index (χ0n) is 12.3. The van der Waals surface area contributed by atoms with Crippen molar-refractivity contribution in [2.75, 3.05) is 31.0 Å². The van der Waals surface area contributed by atoms with Gasteiger partial charge in [0, 0.05) is 0 Å². The smallest absolute Gasteiger partial charge is 0.335 e. The van der Waals surface area contributed by atoms with E-state index in [9.17, 15) is 9.59 Å². The predicted octanol–water partition coefficient (Wildman–Crippen LogP) is 2.48. The molecule has 0 unspecified atom stereocenters. The maximum atomic E-state index is 11.9. The van der Waals surface area contributed by atoms with Gasteiger partial charge in [0.05, 0.1) is 31.2 Å². The summed E-state index contributed by atoms with van der Waals surface area (Å²) >= 11 is 1.51. The van der Waals surface area contributed by atoms with Crippen LogP contribution >= 0.6 is 11.8 Å². The molecule has 0 aliphatic rings. The Labute approximate surface area is 127 Å². The third-order valence-corrected chi connectivity index (χ3v) is 3.74. The van der Waals surface area contributed by atoms with E-state index in [0.717, 1.165) is 12.2 Å². The highest BCUT2D eigenvalue weighted by molar-refractivity contribution is 7.99. The molecule has 0 aliphatic heterocycles. The average molecular weight is 313 g/mol. The molecular weight excluding hydrogens is 294 g/mol. The number of amides is 1. The number of carboxylic acid groups (broad SMARTS) is 1. The number of aromatic carboxylic acids is 1. The van der Waals surface area contributed by atoms with Gasteiger partial charge < -0.3 is 19.9 Å². The Morgan fingerprint density at radius 1 is 1.29 bits per heavy atom. The Morgan fingerprint density at radius 2 is 2.00 bits per heavy atom. The molecule has 1 aromatic carbocycles. The Balaban J connectivity index is 3.00. The first-order valence-corrected chi connectivity index (χ1v) is 7.55. The van der Waals surface area contributed by atoms with E-state index in [2.05, 4.69) is 5.32 Å². The van der Waals surface area contributed by atoms with Crippen molar-refractivity contribution in [3.63, 3.8) is 0 Å². The van der Waals surface area contributed by atoms with Crippen LogP contribution in [0.3, 0.4) is 0 Å². The van der Waals surface area contributed by atoms with Gasteiger partial charge >= 0.3 is 5.97 Å². The summed E-state index contributed by atoms with van der Waals surface area (Å²) in [5.74, 6) is 0.438. The van der Waals surface area contributed by atoms with Gasteiger partial charge in [-0.1, -0.05) is 6.92 Å². The second kappa shape index (κ2) is 8.41. The summed E-state index contributed by atoms with van der Waals surface area (Å²) in [6.07, 6.45) is 0.990. The number of carbonyl (C=O) groups is 2. The summed E-state index contributed by atoms with van der Waals surface area (Å²) in [5.41, 5.74) is 0.306. The molecule has 21 heavy (non-hydrogen) atoms. The molecule has 0 atom stereocenters. The summed E-state index contributed by atoms with van der Waals surface area (Å²) in [7, 11) is 2.84. The quantitative estimate of drug-likeness (QED) is 0.717. The molecule has 0 spiro atoms. The van der Waals surface area contributed by atoms with Crippen LogP contribution in [0.5, 0.6) is 11.5 Å². The number of anilines is 1. The van der Waals surface area contributed by atoms with Gasteiger partial charge in [-0.05, 0) is 24.3 Å². The van der Waals surface area contributed by atoms with Crippen LogP contribution in [0.25, 0.3) is 0 Å². The van der Waals surface area contributed by atoms with Gasteiger partial charge in [-0.3, -0.25) is 4.79 Å². The lowest BCUT2D eigenvalue weighted by atomic mass is 10.1. The zero-order valence-corrected chi connectivity index (χ0v) is 13.1. The lowest BCUT2D eigenvalue weighted by Crippen LogP contribution is -2.16. The SMILES string of the molecule is CCCSCC(=O)Nc1cc(C(=O)O)cc(OC)c1OC. The van der Waals surface area contributed by atoms with Crippen molar-refractivity contribution < 1.29 is 24.2 Å². The van der Waals surface area contributed by atoms with Crippen molar-refractivity contribution >= 4 is 29.3 Å². The normalized spacial score (nSPS) is 10.0. The molecule has 0 heterocycles. The second-order valence-corrected chi connectivity index (χ2v) is 5.27. The molecule has 0 saturated heterocycles. The van der Waals surface area contributed by atoms with E-state index in [0.29, 0.717) is 11.5 Å². The van der Waals surface area contributed by atoms with Crippen LogP contribution in [-0.2, 0) is 4.79 Å². The van der Waals surface area contributed by atoms with Crippen molar-refractivity contribution in [2.45, 2.75) is 13.3 Å². The highest BCUT2D eigenvalue weighted by Crippen LogP contribution is 2.36. The van der Waals surface area contributed by atoms with Gasteiger partial charge in [-0.25, -0.2) is 4.79 Å². The Morgan fingerprint density at radius 3 is 2.52 bits per heavy atom. The van der Waals surface area contributed by atoms with Crippen molar-refractivity contribution in [3.05, 3.63) is 17.7 Å². The summed E-state index contributed by atoms with van der Waals surface area (Å²) < 4.78 is 10.3. The molecule has 0 aromatic heterocycles. The molecule has 1 amide bonds. The number of carboxylic acids is 1. The number of benzene rings is 1. The third-order valence-electron chi connectivity index (χ3n) is 2.58. The highest BCUT2D eigenvalue weighted by Gasteiger charge is 2.17. The summed E-state index contributed by atoms with van der Waals surface area (Å²) in [6.45, 7) is 2.04. The highest BCUT2D eigenvalue weighted by atomic mass is 32.2. The van der Waals surface area contributed by atoms with E-state index >= 15 is 0 Å². The zero-order chi connectivity index (χ0) is 15.8. The van der Waals surface area contributed by atoms with Crippen LogP contribution in [0.15, 0.2) is 12.1 Å². The van der Waals surface area contributed by atoms with Gasteiger partial charge in [0.1, 0.15) is 0 Å². The van der Waals surface area contributed by atoms with Gasteiger partial charge in [0.25, 0.3) is 0 Å². The maximum Gasteiger partial charge on any atom is 0.335 e. The summed E-state index contributed by atoms with van der Waals surface area (Å²) in [4.78, 5) is 23.0. The molecule has 0 radical (unpaired) electrons. The fraction of sp³-hybridized carbons (Fsp3) is 0.429. The predicted molar refractivity (Wildman–Crippen MR) is 82.8 cm³/mol. The van der Waals surface area contributed by atoms with Gasteiger partial charge in [-0.2, -0.15) is 11.8 Å². The summed E-state index contributed by atoms with van der Waals surface area (Å²) in [6, 6.07) is 2.70. The fourth-order valence-electron chi connectivity index (χ4n) is 1.68. The molecule has 0 fully saturated rings. The van der Waals surface area contributed by atoms with Gasteiger partial charge in [0.15, 0.2) is 11.5 Å². The first-order valence-electron chi connectivity index (χ1n) is 6.40. The van der Waals surface area contributed by atoms with Crippen LogP contribution in [0.4, 0.5) is 5.69 Å². The number of hydrogen-bond donors (Lipinski definition) is 2. The lowest BCUT2D eigenvalue weighted by Gasteiger charge is -2.14. The van der Waals surface area contributed by atoms with E-state index < -0.39 is 5.97 Å². The Bertz CT molecular complexity index is 518. The van der Waals surface area contributed by atoms with Crippen molar-refractivity contribution in [1.29, 1.82) is 0 Å². The number of thioether (sulfide) groups is 1. The van der Waals surface area contributed by atoms with Crippen LogP contribution < -0.4 is 14.8 Å². The largest absolute Gasteiger partial charge is 0.493 e. The minimum absolute atomic E-state index is 0.0177. The van der Waals surface area contributed by atoms with E-state index in [-0.39, 0.29) is 22.9 Å². The van der Waals surface area contributed by atoms with Crippen molar-refractivity contribution in [3.8, 4) is 11.5 Å². The van der Waals surface area contributed by atoms with Crippen molar-refractivity contribution in [1.82, 2.24) is 0 Å². The van der Waals surface area contributed by atoms with Crippen LogP contribution in [-0.4, -0.2) is 42.7 Å². The topological polar surface area (TPSA) is 84.9 Å². The molecule has 1 aromatic rings. The van der Waals surface area contributed by atoms with Crippen molar-refractivity contribution in [2.24, 2.45) is 0 Å². The molecule has 0 aliphatic carbocycles.